The second-order valence-corrected chi connectivity index (χ2v) is 10.2. The van der Waals surface area contributed by atoms with Gasteiger partial charge in [-0.05, 0) is 44.8 Å². The number of rotatable bonds is 12. The summed E-state index contributed by atoms with van der Waals surface area (Å²) in [6, 6.07) is 1.22. The SMILES string of the molecule is CCCN(CCC)CC(O)CN1CCN(c2c(F)cc3c(=O)c(C(=O)O)cn(C4CC4)c3c2OC)CC1. The lowest BCUT2D eigenvalue weighted by molar-refractivity contribution is 0.0694. The van der Waals surface area contributed by atoms with Gasteiger partial charge in [0.05, 0.1) is 24.1 Å². The van der Waals surface area contributed by atoms with Gasteiger partial charge in [-0.3, -0.25) is 9.69 Å². The van der Waals surface area contributed by atoms with Gasteiger partial charge in [0.15, 0.2) is 11.6 Å². The summed E-state index contributed by atoms with van der Waals surface area (Å²) in [5.74, 6) is -1.66. The van der Waals surface area contributed by atoms with E-state index in [0.717, 1.165) is 44.8 Å². The van der Waals surface area contributed by atoms with Crippen molar-refractivity contribution in [3.8, 4) is 5.75 Å². The van der Waals surface area contributed by atoms with Gasteiger partial charge in [0, 0.05) is 51.5 Å². The number of pyridine rings is 1. The van der Waals surface area contributed by atoms with E-state index in [1.54, 1.807) is 4.57 Å². The maximum Gasteiger partial charge on any atom is 0.341 e. The number of methoxy groups -OCH3 is 1. The van der Waals surface area contributed by atoms with Gasteiger partial charge in [0.25, 0.3) is 0 Å². The van der Waals surface area contributed by atoms with E-state index in [1.807, 2.05) is 4.90 Å². The van der Waals surface area contributed by atoms with Crippen molar-refractivity contribution < 1.29 is 24.1 Å². The predicted molar refractivity (Wildman–Crippen MR) is 142 cm³/mol. The number of nitrogens with zero attached hydrogens (tertiary/aromatic N) is 4. The summed E-state index contributed by atoms with van der Waals surface area (Å²) in [6.45, 7) is 9.84. The summed E-state index contributed by atoms with van der Waals surface area (Å²) < 4.78 is 23.0. The lowest BCUT2D eigenvalue weighted by Crippen LogP contribution is -2.50. The van der Waals surface area contributed by atoms with Crippen LogP contribution in [0.2, 0.25) is 0 Å². The minimum Gasteiger partial charge on any atom is -0.492 e. The molecule has 1 saturated carbocycles. The van der Waals surface area contributed by atoms with Crippen LogP contribution in [0.5, 0.6) is 5.75 Å². The van der Waals surface area contributed by atoms with E-state index in [2.05, 4.69) is 23.6 Å². The minimum atomic E-state index is -1.32. The molecule has 204 valence electrons. The van der Waals surface area contributed by atoms with Crippen LogP contribution in [-0.4, -0.2) is 96.1 Å². The molecule has 0 radical (unpaired) electrons. The number of hydrogen-bond donors (Lipinski definition) is 2. The van der Waals surface area contributed by atoms with Gasteiger partial charge >= 0.3 is 5.97 Å². The quantitative estimate of drug-likeness (QED) is 0.443. The first-order valence-electron chi connectivity index (χ1n) is 13.3. The van der Waals surface area contributed by atoms with Crippen LogP contribution in [0.4, 0.5) is 10.1 Å². The third kappa shape index (κ3) is 5.91. The molecule has 1 aromatic carbocycles. The summed E-state index contributed by atoms with van der Waals surface area (Å²) >= 11 is 0. The van der Waals surface area contributed by atoms with Gasteiger partial charge in [-0.25, -0.2) is 9.18 Å². The van der Waals surface area contributed by atoms with Crippen molar-refractivity contribution in [2.75, 3.05) is 64.4 Å². The Morgan fingerprint density at radius 3 is 2.38 bits per heavy atom. The number of aromatic nitrogens is 1. The van der Waals surface area contributed by atoms with Crippen LogP contribution >= 0.6 is 0 Å². The zero-order valence-corrected chi connectivity index (χ0v) is 22.1. The number of aliphatic hydroxyl groups excluding tert-OH is 1. The molecule has 2 aromatic rings. The lowest BCUT2D eigenvalue weighted by Gasteiger charge is -2.38. The number of anilines is 1. The van der Waals surface area contributed by atoms with Gasteiger partial charge in [-0.15, -0.1) is 0 Å². The molecule has 10 heteroatoms. The Balaban J connectivity index is 1.56. The molecular weight excluding hydrogens is 479 g/mol. The molecule has 1 atom stereocenters. The van der Waals surface area contributed by atoms with E-state index in [9.17, 15) is 19.8 Å². The Morgan fingerprint density at radius 2 is 1.84 bits per heavy atom. The predicted octanol–water partition coefficient (Wildman–Crippen LogP) is 2.79. The Bertz CT molecular complexity index is 1170. The number of aliphatic hydroxyl groups is 1. The number of ether oxygens (including phenoxy) is 1. The average molecular weight is 519 g/mol. The summed E-state index contributed by atoms with van der Waals surface area (Å²) in [5.41, 5.74) is -0.329. The first-order valence-corrected chi connectivity index (χ1v) is 13.3. The molecule has 2 N–H and O–H groups in total. The molecule has 37 heavy (non-hydrogen) atoms. The zero-order chi connectivity index (χ0) is 26.7. The molecule has 1 unspecified atom stereocenters. The smallest absolute Gasteiger partial charge is 0.341 e. The zero-order valence-electron chi connectivity index (χ0n) is 22.1. The Kier molecular flexibility index (Phi) is 8.71. The van der Waals surface area contributed by atoms with E-state index >= 15 is 4.39 Å². The molecule has 0 spiro atoms. The van der Waals surface area contributed by atoms with Crippen LogP contribution in [-0.2, 0) is 0 Å². The van der Waals surface area contributed by atoms with E-state index in [-0.39, 0.29) is 22.7 Å². The van der Waals surface area contributed by atoms with Crippen LogP contribution in [0.3, 0.4) is 0 Å². The van der Waals surface area contributed by atoms with Crippen LogP contribution in [0, 0.1) is 5.82 Å². The van der Waals surface area contributed by atoms with E-state index < -0.39 is 23.3 Å². The maximum absolute atomic E-state index is 15.5. The molecule has 1 aliphatic heterocycles. The second kappa shape index (κ2) is 11.8. The van der Waals surface area contributed by atoms with Crippen LogP contribution in [0.15, 0.2) is 17.1 Å². The van der Waals surface area contributed by atoms with Crippen LogP contribution in [0.1, 0.15) is 55.9 Å². The molecular formula is C27H39FN4O5. The van der Waals surface area contributed by atoms with Crippen molar-refractivity contribution in [2.24, 2.45) is 0 Å². The lowest BCUT2D eigenvalue weighted by atomic mass is 10.1. The maximum atomic E-state index is 15.5. The highest BCUT2D eigenvalue weighted by atomic mass is 19.1. The minimum absolute atomic E-state index is 0.0235. The highest BCUT2D eigenvalue weighted by Gasteiger charge is 2.32. The van der Waals surface area contributed by atoms with Crippen molar-refractivity contribution >= 4 is 22.6 Å². The Labute approximate surface area is 217 Å². The number of fused-ring (bicyclic) bond motifs is 1. The summed E-state index contributed by atoms with van der Waals surface area (Å²) in [6.07, 6.45) is 4.75. The number of carbonyl (C=O) groups is 1. The number of aromatic carboxylic acids is 1. The van der Waals surface area contributed by atoms with E-state index in [1.165, 1.54) is 13.3 Å². The molecule has 1 saturated heterocycles. The fourth-order valence-corrected chi connectivity index (χ4v) is 5.46. The van der Waals surface area contributed by atoms with Crippen molar-refractivity contribution in [3.05, 3.63) is 33.9 Å². The summed E-state index contributed by atoms with van der Waals surface area (Å²) in [7, 11) is 1.45. The van der Waals surface area contributed by atoms with Crippen LogP contribution in [0.25, 0.3) is 10.9 Å². The Hall–Kier alpha value is -2.69. The monoisotopic (exact) mass is 518 g/mol. The third-order valence-electron chi connectivity index (χ3n) is 7.28. The average Bonchev–Trinajstić information content (AvgIpc) is 3.70. The van der Waals surface area contributed by atoms with Gasteiger partial charge in [0.1, 0.15) is 11.3 Å². The fourth-order valence-electron chi connectivity index (χ4n) is 5.46. The largest absolute Gasteiger partial charge is 0.492 e. The first kappa shape index (κ1) is 27.3. The first-order chi connectivity index (χ1) is 17.8. The van der Waals surface area contributed by atoms with Gasteiger partial charge in [-0.1, -0.05) is 13.8 Å². The topological polar surface area (TPSA) is 98.5 Å². The molecule has 1 aromatic heterocycles. The fraction of sp³-hybridized carbons (Fsp3) is 0.630. The summed E-state index contributed by atoms with van der Waals surface area (Å²) in [4.78, 5) is 31.0. The molecule has 1 aliphatic carbocycles. The Morgan fingerprint density at radius 1 is 1.19 bits per heavy atom. The van der Waals surface area contributed by atoms with Gasteiger partial charge in [0.2, 0.25) is 5.43 Å². The van der Waals surface area contributed by atoms with E-state index in [4.69, 9.17) is 4.74 Å². The normalized spacial score (nSPS) is 17.5. The van der Waals surface area contributed by atoms with Crippen molar-refractivity contribution in [1.82, 2.24) is 14.4 Å². The van der Waals surface area contributed by atoms with Crippen molar-refractivity contribution in [3.63, 3.8) is 0 Å². The number of benzene rings is 1. The summed E-state index contributed by atoms with van der Waals surface area (Å²) in [5, 5.41) is 20.2. The number of halogens is 1. The molecule has 9 nitrogen and oxygen atoms in total. The van der Waals surface area contributed by atoms with Gasteiger partial charge in [-0.2, -0.15) is 0 Å². The molecule has 2 heterocycles. The highest BCUT2D eigenvalue weighted by Crippen LogP contribution is 2.43. The number of carboxylic acid groups (broad SMARTS) is 1. The van der Waals surface area contributed by atoms with E-state index in [0.29, 0.717) is 50.5 Å². The highest BCUT2D eigenvalue weighted by molar-refractivity contribution is 5.97. The molecule has 4 rings (SSSR count). The number of β-amino-alcohol motifs (C(OH)–C–C–N with tert-alkyl or cyclic N) is 1. The molecule has 0 amide bonds. The number of piperazine rings is 1. The third-order valence-corrected chi connectivity index (χ3v) is 7.28. The van der Waals surface area contributed by atoms with Crippen LogP contribution < -0.4 is 15.1 Å². The van der Waals surface area contributed by atoms with Crippen molar-refractivity contribution in [1.29, 1.82) is 0 Å². The number of carboxylic acids is 1. The van der Waals surface area contributed by atoms with Gasteiger partial charge < -0.3 is 29.3 Å². The van der Waals surface area contributed by atoms with Crippen molar-refractivity contribution in [2.45, 2.75) is 51.7 Å². The molecule has 0 bridgehead atoms. The molecule has 2 fully saturated rings. The second-order valence-electron chi connectivity index (χ2n) is 10.2. The number of hydrogen-bond acceptors (Lipinski definition) is 7. The standard InChI is InChI=1S/C27H39FN4O5/c1-4-8-29(9-5-2)15-19(33)16-30-10-12-31(13-11-30)24-22(28)14-20-23(26(24)37-3)32(18-6-7-18)17-21(25(20)34)27(35)36/h14,17-19,33H,4-13,15-16H2,1-3H3,(H,35,36). The molecule has 2 aliphatic rings.